The van der Waals surface area contributed by atoms with Crippen molar-refractivity contribution >= 4 is 327 Å². The van der Waals surface area contributed by atoms with Gasteiger partial charge in [-0.3, -0.25) is 0 Å². The first-order valence-corrected chi connectivity index (χ1v) is 33.9. The van der Waals surface area contributed by atoms with Gasteiger partial charge in [0.25, 0.3) is 0 Å². The number of benzene rings is 7. The van der Waals surface area contributed by atoms with Crippen molar-refractivity contribution in [3.05, 3.63) is 83.5 Å². The number of hydrogen-bond acceptors (Lipinski definition) is 0. The Balaban J connectivity index is 2.02. The summed E-state index contributed by atoms with van der Waals surface area (Å²) in [5.41, 5.74) is 39.3. The van der Waals surface area contributed by atoms with Crippen LogP contribution in [-0.2, 0) is 0 Å². The molecule has 83 heavy (non-hydrogen) atoms. The van der Waals surface area contributed by atoms with Crippen LogP contribution in [0.3, 0.4) is 0 Å². The normalized spacial score (nSPS) is 11.2. The van der Waals surface area contributed by atoms with E-state index in [0.29, 0.717) is 70.8 Å². The molecule has 0 heterocycles. The second-order valence-corrected chi connectivity index (χ2v) is 29.3. The molecule has 0 saturated carbocycles. The van der Waals surface area contributed by atoms with Crippen LogP contribution in [-0.4, -0.2) is 246 Å². The fourth-order valence-electron chi connectivity index (χ4n) is 17.7. The second kappa shape index (κ2) is 26.1. The molecule has 7 aromatic carbocycles. The van der Waals surface area contributed by atoms with Crippen LogP contribution in [0.2, 0.25) is 0 Å². The van der Waals surface area contributed by atoms with Crippen LogP contribution in [0.25, 0.3) is 65.3 Å². The molecule has 0 aliphatic heterocycles. The van der Waals surface area contributed by atoms with Crippen molar-refractivity contribution in [2.45, 2.75) is 104 Å². The topological polar surface area (TPSA) is 0 Å². The molecule has 384 valence electrons. The minimum absolute atomic E-state index is 0.314. The highest BCUT2D eigenvalue weighted by Gasteiger charge is 2.44. The molecule has 0 unspecified atom stereocenters. The molecule has 0 N–H and O–H groups in total. The van der Waals surface area contributed by atoms with E-state index in [0.717, 1.165) is 21.3 Å². The molecule has 0 aromatic heterocycles. The molecule has 0 radical (unpaired) electrons. The molecule has 0 fully saturated rings. The largest absolute Gasteiger partial charge is 0.139 e. The van der Waals surface area contributed by atoms with E-state index >= 15 is 0 Å². The Kier molecular flexibility index (Phi) is 21.5. The van der Waals surface area contributed by atoms with Crippen LogP contribution in [0.1, 0.15) is 83.5 Å². The summed E-state index contributed by atoms with van der Waals surface area (Å²) in [6.45, 7) is 38.7. The number of fused-ring (bicyclic) bond motifs is 4. The minimum atomic E-state index is 0.314. The Morgan fingerprint density at radius 2 is 0.663 bits per heavy atom. The Morgan fingerprint density at radius 3 is 1.07 bits per heavy atom. The maximum Gasteiger partial charge on any atom is 0.139 e. The van der Waals surface area contributed by atoms with Gasteiger partial charge < -0.3 is 0 Å². The molecule has 34 heteroatoms. The van der Waals surface area contributed by atoms with E-state index < -0.39 is 0 Å². The molecular formula is C49H86B34. The molecule has 0 aliphatic rings. The van der Waals surface area contributed by atoms with Gasteiger partial charge in [-0.25, -0.2) is 0 Å². The number of hydrogen-bond donors (Lipinski definition) is 0. The lowest BCUT2D eigenvalue weighted by atomic mass is 8.65. The molecule has 7 aromatic rings. The van der Waals surface area contributed by atoms with Gasteiger partial charge in [-0.05, 0) is 253 Å². The Bertz CT molecular complexity index is 3760. The predicted molar refractivity (Wildman–Crippen MR) is 469 cm³/mol. The lowest BCUT2D eigenvalue weighted by Crippen LogP contribution is -2.80. The zero-order valence-corrected chi connectivity index (χ0v) is 59.9. The minimum Gasteiger partial charge on any atom is -0.113 e. The van der Waals surface area contributed by atoms with Crippen molar-refractivity contribution in [1.29, 1.82) is 0 Å². The molecule has 0 spiro atoms. The van der Waals surface area contributed by atoms with Crippen LogP contribution in [0.15, 0.2) is 0 Å². The number of rotatable bonds is 18. The summed E-state index contributed by atoms with van der Waals surface area (Å²) in [7, 11) is 51.8. The van der Waals surface area contributed by atoms with Crippen molar-refractivity contribution in [3.8, 4) is 22.3 Å². The van der Waals surface area contributed by atoms with Gasteiger partial charge in [0.15, 0.2) is 0 Å². The van der Waals surface area contributed by atoms with Gasteiger partial charge in [-0.1, -0.05) is 27.3 Å². The Morgan fingerprint density at radius 1 is 0.277 bits per heavy atom. The van der Waals surface area contributed by atoms with Gasteiger partial charge in [0.1, 0.15) is 15.0 Å². The fraction of sp³-hybridized carbons (Fsp3) is 0.306. The summed E-state index contributed by atoms with van der Waals surface area (Å²) in [6.07, 6.45) is 3.04. The first-order chi connectivity index (χ1) is 38.7. The van der Waals surface area contributed by atoms with Crippen LogP contribution in [0.5, 0.6) is 0 Å². The van der Waals surface area contributed by atoms with Gasteiger partial charge in [0, 0.05) is 52.4 Å². The molecule has 0 saturated heterocycles. The summed E-state index contributed by atoms with van der Waals surface area (Å²) < 4.78 is 0. The standard InChI is InChI=1S/C49H86B34/c1-16-17(2)22(7)32-29(14)34(28(13)27(12)31(32)21(16)6)39-35-24(9)19(4)18(3)23(8)33(35)30(15)38-36(39)25(10)20(5)26(11)37(38)41-44(68-51)43(50)40-42(45(41)73(56)69-52)46(74(57)78(58)59)48(75(70-53)79(60)61)49(77(81(64)65)83(67)72-55)47(40)76(80(62)63)82(66)71-54/h68-72H,50-67H2,1-15H3. The third kappa shape index (κ3) is 10.8. The molecule has 7 rings (SSSR count). The fourth-order valence-corrected chi connectivity index (χ4v) is 17.7. The van der Waals surface area contributed by atoms with Crippen molar-refractivity contribution in [1.82, 2.24) is 0 Å². The quantitative estimate of drug-likeness (QED) is 0.0594. The smallest absolute Gasteiger partial charge is 0.113 e. The maximum absolute atomic E-state index is 2.65. The average Bonchev–Trinajstić information content (AvgIpc) is 1.48. The zero-order chi connectivity index (χ0) is 62.5. The first kappa shape index (κ1) is 68.3. The van der Waals surface area contributed by atoms with Gasteiger partial charge in [0.2, 0.25) is 0 Å². The lowest BCUT2D eigenvalue weighted by molar-refractivity contribution is 1.23. The van der Waals surface area contributed by atoms with E-state index in [1.807, 2.05) is 0 Å². The molecule has 0 amide bonds. The monoisotopic (exact) mass is 1050 g/mol. The lowest BCUT2D eigenvalue weighted by Gasteiger charge is -2.42. The molecule has 0 aliphatic carbocycles. The Hall–Kier alpha value is -2.21. The summed E-state index contributed by atoms with van der Waals surface area (Å²) in [5, 5.41) is 12.1. The maximum atomic E-state index is 2.65. The van der Waals surface area contributed by atoms with Gasteiger partial charge in [-0.15, -0.1) is 10.9 Å². The summed E-state index contributed by atoms with van der Waals surface area (Å²) >= 11 is 0. The van der Waals surface area contributed by atoms with E-state index in [9.17, 15) is 0 Å². The average molecular weight is 1040 g/mol. The SMILES string of the molecule is BBB(B)B(B(B)B)c1c(B(BB)B(B)B)c(B(B)B(B)B)c2c(B(B)BB)c(-c3c(C)c(C)c(C)c4c(-c5c(C)c(C)c6c(C)c(C)c(C)c(C)c6c5C)c5c(C)c(C)c(C)c(C)c5c(C)c34)c(BB)c(B)c2c1B(B(B)B)B(B)BB. The van der Waals surface area contributed by atoms with Gasteiger partial charge in [-0.2, -0.15) is 0 Å². The van der Waals surface area contributed by atoms with Crippen molar-refractivity contribution in [3.63, 3.8) is 0 Å². The van der Waals surface area contributed by atoms with Crippen LogP contribution in [0.4, 0.5) is 0 Å². The highest BCUT2D eigenvalue weighted by Crippen LogP contribution is 2.52. The highest BCUT2D eigenvalue weighted by atomic mass is 14.3. The third-order valence-corrected chi connectivity index (χ3v) is 24.0. The van der Waals surface area contributed by atoms with Crippen LogP contribution >= 0.6 is 0 Å². The van der Waals surface area contributed by atoms with Crippen molar-refractivity contribution in [2.75, 3.05) is 0 Å². The van der Waals surface area contributed by atoms with Gasteiger partial charge >= 0.3 is 0 Å². The predicted octanol–water partition coefficient (Wildman–Crippen LogP) is -15.4. The Labute approximate surface area is 532 Å². The summed E-state index contributed by atoms with van der Waals surface area (Å²) in [4.78, 5) is 0. The third-order valence-electron chi connectivity index (χ3n) is 24.0. The van der Waals surface area contributed by atoms with E-state index in [1.54, 1.807) is 54.6 Å². The first-order valence-electron chi connectivity index (χ1n) is 33.9. The number of aryl methyl sites for hydroxylation is 8. The van der Waals surface area contributed by atoms with E-state index in [1.165, 1.54) is 147 Å². The highest BCUT2D eigenvalue weighted by molar-refractivity contribution is 7.91. The van der Waals surface area contributed by atoms with Crippen molar-refractivity contribution < 1.29 is 0 Å². The molecule has 0 atom stereocenters. The van der Waals surface area contributed by atoms with E-state index in [4.69, 9.17) is 0 Å². The molecular weight excluding hydrogens is 956 g/mol. The van der Waals surface area contributed by atoms with Gasteiger partial charge in [0.05, 0.1) is 178 Å². The second-order valence-electron chi connectivity index (χ2n) is 29.3. The van der Waals surface area contributed by atoms with E-state index in [2.05, 4.69) is 243 Å². The van der Waals surface area contributed by atoms with E-state index in [-0.39, 0.29) is 0 Å². The molecule has 0 bridgehead atoms. The van der Waals surface area contributed by atoms with Crippen LogP contribution < -0.4 is 38.2 Å². The zero-order valence-electron chi connectivity index (χ0n) is 59.9. The van der Waals surface area contributed by atoms with Crippen molar-refractivity contribution in [2.24, 2.45) is 0 Å². The van der Waals surface area contributed by atoms with Crippen LogP contribution in [0, 0.1) is 104 Å². The summed E-state index contributed by atoms with van der Waals surface area (Å²) in [5.74, 6) is 0. The molecule has 0 nitrogen and oxygen atoms in total. The summed E-state index contributed by atoms with van der Waals surface area (Å²) in [6, 6.07) is 0.